The Hall–Kier alpha value is -3.66. The summed E-state index contributed by atoms with van der Waals surface area (Å²) in [7, 11) is 0. The zero-order chi connectivity index (χ0) is 18.2. The molecule has 0 bridgehead atoms. The molecule has 2 aromatic carbocycles. The fourth-order valence-electron chi connectivity index (χ4n) is 1.61. The minimum Gasteiger partial charge on any atom is -0.506 e. The minimum atomic E-state index is -0.635. The van der Waals surface area contributed by atoms with Crippen LogP contribution in [0.5, 0.6) is 5.75 Å². The van der Waals surface area contributed by atoms with Crippen molar-refractivity contribution in [1.82, 2.24) is 0 Å². The summed E-state index contributed by atoms with van der Waals surface area (Å²) in [5.41, 5.74) is 5.00. The molecule has 0 amide bonds. The predicted molar refractivity (Wildman–Crippen MR) is 88.7 cm³/mol. The van der Waals surface area contributed by atoms with Gasteiger partial charge in [-0.25, -0.2) is 5.48 Å². The van der Waals surface area contributed by atoms with Crippen LogP contribution in [0.4, 0.5) is 17.1 Å². The summed E-state index contributed by atoms with van der Waals surface area (Å²) >= 11 is 0. The number of rotatable bonds is 7. The van der Waals surface area contributed by atoms with Gasteiger partial charge in [0.2, 0.25) is 5.78 Å². The second kappa shape index (κ2) is 8.26. The van der Waals surface area contributed by atoms with E-state index in [4.69, 9.17) is 9.88 Å². The van der Waals surface area contributed by atoms with Crippen LogP contribution in [0.1, 0.15) is 6.92 Å². The number of hydrogen-bond acceptors (Lipinski definition) is 9. The number of nitrogens with zero attached hydrogens (tertiary/aromatic N) is 2. The Kier molecular flexibility index (Phi) is 5.85. The smallest absolute Gasteiger partial charge is 0.318 e. The van der Waals surface area contributed by atoms with E-state index in [-0.39, 0.29) is 17.1 Å². The summed E-state index contributed by atoms with van der Waals surface area (Å²) in [5.74, 6) is -1.33. The van der Waals surface area contributed by atoms with E-state index in [2.05, 4.69) is 16.0 Å². The number of para-hydroxylation sites is 1. The van der Waals surface area contributed by atoms with Gasteiger partial charge >= 0.3 is 5.90 Å². The number of non-ortho nitro benzene ring substituents is 1. The molecule has 10 heteroatoms. The lowest BCUT2D eigenvalue weighted by atomic mass is 10.2. The van der Waals surface area contributed by atoms with Gasteiger partial charge in [-0.15, -0.1) is 5.10 Å². The molecule has 130 valence electrons. The number of nitro benzene ring substituents is 1. The summed E-state index contributed by atoms with van der Waals surface area (Å²) < 4.78 is 0. The van der Waals surface area contributed by atoms with Gasteiger partial charge in [0.1, 0.15) is 11.4 Å². The van der Waals surface area contributed by atoms with E-state index in [1.54, 1.807) is 24.3 Å². The molecule has 0 radical (unpaired) electrons. The number of carbonyl (C=O) groups is 1. The third-order valence-corrected chi connectivity index (χ3v) is 2.82. The van der Waals surface area contributed by atoms with Crippen LogP contribution in [0.2, 0.25) is 0 Å². The highest BCUT2D eigenvalue weighted by Gasteiger charge is 2.13. The highest BCUT2D eigenvalue weighted by molar-refractivity contribution is 6.35. The van der Waals surface area contributed by atoms with Crippen molar-refractivity contribution in [1.29, 1.82) is 0 Å². The Morgan fingerprint density at radius 3 is 2.60 bits per heavy atom. The molecule has 0 heterocycles. The molecule has 0 aromatic heterocycles. The van der Waals surface area contributed by atoms with Crippen molar-refractivity contribution in [3.63, 3.8) is 0 Å². The topological polar surface area (TPSA) is 135 Å². The minimum absolute atomic E-state index is 0.0763. The van der Waals surface area contributed by atoms with Crippen molar-refractivity contribution in [3.05, 3.63) is 58.6 Å². The fraction of sp³-hybridized carbons (Fsp3) is 0.0667. The average molecular weight is 346 g/mol. The van der Waals surface area contributed by atoms with Gasteiger partial charge in [0, 0.05) is 19.1 Å². The van der Waals surface area contributed by atoms with Gasteiger partial charge in [-0.05, 0) is 18.2 Å². The van der Waals surface area contributed by atoms with Crippen LogP contribution in [0.3, 0.4) is 0 Å². The SMILES string of the molecule is CC(=O)C(=NNc1cc([N+](=O)[O-])ccc1O)OONc1ccccc1. The molecule has 2 aromatic rings. The Morgan fingerprint density at radius 2 is 1.96 bits per heavy atom. The first kappa shape index (κ1) is 17.7. The molecular formula is C15H14N4O6. The van der Waals surface area contributed by atoms with Crippen LogP contribution in [-0.2, 0) is 14.7 Å². The van der Waals surface area contributed by atoms with Crippen LogP contribution >= 0.6 is 0 Å². The van der Waals surface area contributed by atoms with E-state index >= 15 is 0 Å². The van der Waals surface area contributed by atoms with Gasteiger partial charge < -0.3 is 5.11 Å². The summed E-state index contributed by atoms with van der Waals surface area (Å²) in [6.07, 6.45) is 0. The predicted octanol–water partition coefficient (Wildman–Crippen LogP) is 2.59. The number of Topliss-reactive ketones (excluding diaryl/α,β-unsaturated/α-hetero) is 1. The van der Waals surface area contributed by atoms with E-state index in [0.29, 0.717) is 5.69 Å². The van der Waals surface area contributed by atoms with Crippen LogP contribution in [-0.4, -0.2) is 21.7 Å². The lowest BCUT2D eigenvalue weighted by Crippen LogP contribution is -2.18. The highest BCUT2D eigenvalue weighted by Crippen LogP contribution is 2.27. The number of hydrogen-bond donors (Lipinski definition) is 3. The van der Waals surface area contributed by atoms with Gasteiger partial charge in [0.25, 0.3) is 5.69 Å². The zero-order valence-corrected chi connectivity index (χ0v) is 13.0. The lowest BCUT2D eigenvalue weighted by molar-refractivity contribution is -0.384. The Balaban J connectivity index is 2.03. The first-order valence-electron chi connectivity index (χ1n) is 6.94. The molecule has 0 aliphatic heterocycles. The standard InChI is InChI=1S/C15H14N4O6/c1-10(20)15(24-25-18-11-5-3-2-4-6-11)17-16-13-9-12(19(22)23)7-8-14(13)21/h2-9,16,18,21H,1H3. The van der Waals surface area contributed by atoms with Crippen molar-refractivity contribution in [2.45, 2.75) is 6.92 Å². The second-order valence-corrected chi connectivity index (χ2v) is 4.68. The maximum Gasteiger partial charge on any atom is 0.318 e. The molecular weight excluding hydrogens is 332 g/mol. The van der Waals surface area contributed by atoms with E-state index in [0.717, 1.165) is 18.2 Å². The molecule has 25 heavy (non-hydrogen) atoms. The van der Waals surface area contributed by atoms with Crippen LogP contribution < -0.4 is 10.9 Å². The quantitative estimate of drug-likeness (QED) is 0.174. The number of ketones is 1. The zero-order valence-electron chi connectivity index (χ0n) is 13.0. The molecule has 0 saturated heterocycles. The maximum atomic E-state index is 11.5. The molecule has 2 rings (SSSR count). The molecule has 3 N–H and O–H groups in total. The normalized spacial score (nSPS) is 10.8. The molecule has 0 saturated carbocycles. The van der Waals surface area contributed by atoms with Gasteiger partial charge in [-0.3, -0.25) is 25.2 Å². The van der Waals surface area contributed by atoms with Crippen LogP contribution in [0, 0.1) is 10.1 Å². The Labute approximate surface area is 141 Å². The van der Waals surface area contributed by atoms with Gasteiger partial charge in [0.05, 0.1) is 10.6 Å². The molecule has 0 aliphatic rings. The fourth-order valence-corrected chi connectivity index (χ4v) is 1.61. The molecule has 0 aliphatic carbocycles. The largest absolute Gasteiger partial charge is 0.506 e. The van der Waals surface area contributed by atoms with E-state index in [1.807, 2.05) is 6.07 Å². The van der Waals surface area contributed by atoms with Crippen molar-refractivity contribution < 1.29 is 24.7 Å². The van der Waals surface area contributed by atoms with Crippen LogP contribution in [0.15, 0.2) is 53.6 Å². The first-order valence-corrected chi connectivity index (χ1v) is 6.94. The monoisotopic (exact) mass is 346 g/mol. The van der Waals surface area contributed by atoms with Gasteiger partial charge in [-0.2, -0.15) is 0 Å². The third-order valence-electron chi connectivity index (χ3n) is 2.82. The number of nitro groups is 1. The molecule has 10 nitrogen and oxygen atoms in total. The third kappa shape index (κ3) is 5.18. The first-order chi connectivity index (χ1) is 12.0. The average Bonchev–Trinajstić information content (AvgIpc) is 2.59. The maximum absolute atomic E-state index is 11.5. The van der Waals surface area contributed by atoms with Gasteiger partial charge in [0.15, 0.2) is 0 Å². The molecule has 0 atom stereocenters. The van der Waals surface area contributed by atoms with E-state index in [1.165, 1.54) is 6.92 Å². The lowest BCUT2D eigenvalue weighted by Gasteiger charge is -2.08. The number of phenols is 1. The number of aromatic hydroxyl groups is 1. The summed E-state index contributed by atoms with van der Waals surface area (Å²) in [5, 5.41) is 24.0. The van der Waals surface area contributed by atoms with Gasteiger partial charge in [-0.1, -0.05) is 23.2 Å². The summed E-state index contributed by atoms with van der Waals surface area (Å²) in [4.78, 5) is 31.1. The van der Waals surface area contributed by atoms with Crippen molar-refractivity contribution in [2.75, 3.05) is 10.9 Å². The summed E-state index contributed by atoms with van der Waals surface area (Å²) in [6.45, 7) is 1.18. The summed E-state index contributed by atoms with van der Waals surface area (Å²) in [6, 6.07) is 12.0. The Morgan fingerprint density at radius 1 is 1.24 bits per heavy atom. The van der Waals surface area contributed by atoms with Crippen LogP contribution in [0.25, 0.3) is 0 Å². The molecule has 0 unspecified atom stereocenters. The number of nitrogens with one attached hydrogen (secondary N) is 2. The second-order valence-electron chi connectivity index (χ2n) is 4.68. The highest BCUT2D eigenvalue weighted by atomic mass is 17.3. The number of carbonyl (C=O) groups excluding carboxylic acids is 1. The van der Waals surface area contributed by atoms with Crippen molar-refractivity contribution in [3.8, 4) is 5.75 Å². The van der Waals surface area contributed by atoms with Crippen molar-refractivity contribution in [2.24, 2.45) is 5.10 Å². The van der Waals surface area contributed by atoms with E-state index in [9.17, 15) is 20.0 Å². The Bertz CT molecular complexity index is 794. The number of phenolic OH excluding ortho intramolecular Hbond substituents is 1. The number of anilines is 2. The molecule has 0 spiro atoms. The number of benzene rings is 2. The number of hydrazone groups is 1. The van der Waals surface area contributed by atoms with Crippen molar-refractivity contribution >= 4 is 28.7 Å². The molecule has 0 fully saturated rings. The van der Waals surface area contributed by atoms with E-state index < -0.39 is 16.6 Å².